The van der Waals surface area contributed by atoms with E-state index in [0.717, 1.165) is 18.2 Å². The zero-order valence-electron chi connectivity index (χ0n) is 14.1. The van der Waals surface area contributed by atoms with E-state index >= 15 is 0 Å². The Morgan fingerprint density at radius 1 is 1.32 bits per heavy atom. The number of rotatable bonds is 4. The zero-order chi connectivity index (χ0) is 20.5. The Balaban J connectivity index is 2.16. The van der Waals surface area contributed by atoms with E-state index in [1.54, 1.807) is 6.07 Å². The molecule has 1 aliphatic carbocycles. The summed E-state index contributed by atoms with van der Waals surface area (Å²) in [6.45, 7) is 0. The fourth-order valence-electron chi connectivity index (χ4n) is 3.03. The van der Waals surface area contributed by atoms with E-state index in [9.17, 15) is 22.5 Å². The van der Waals surface area contributed by atoms with E-state index in [1.807, 2.05) is 0 Å². The number of nitrogens with zero attached hydrogens (tertiary/aromatic N) is 3. The molecule has 0 saturated carbocycles. The molecule has 0 aromatic heterocycles. The molecule has 1 unspecified atom stereocenters. The molecule has 3 rings (SSSR count). The molecule has 3 atom stereocenters. The van der Waals surface area contributed by atoms with Gasteiger partial charge in [-0.2, -0.15) is 10.5 Å². The molecule has 0 amide bonds. The number of alkyl halides is 2. The summed E-state index contributed by atoms with van der Waals surface area (Å²) in [5.74, 6) is -0.750. The number of hydrogen-bond donors (Lipinski definition) is 1. The van der Waals surface area contributed by atoms with Gasteiger partial charge in [-0.1, -0.05) is 0 Å². The molecule has 1 aliphatic rings. The number of hydrogen-bond acceptors (Lipinski definition) is 6. The minimum absolute atomic E-state index is 0.0000580. The van der Waals surface area contributed by atoms with Gasteiger partial charge < -0.3 is 9.84 Å². The second-order valence-electron chi connectivity index (χ2n) is 5.95. The van der Waals surface area contributed by atoms with E-state index in [4.69, 9.17) is 15.3 Å². The van der Waals surface area contributed by atoms with Crippen LogP contribution in [0, 0.1) is 28.6 Å². The van der Waals surface area contributed by atoms with Crippen molar-refractivity contribution in [3.63, 3.8) is 0 Å². The SMILES string of the molecule is N#CN=S(=O)(CF)c1ccc(Oc2cc(F)cc(C#N)c2)c2c1[C@H](O)[C@H](F)C2. The molecular weight excluding hydrogens is 395 g/mol. The van der Waals surface area contributed by atoms with Crippen molar-refractivity contribution in [1.82, 2.24) is 0 Å². The van der Waals surface area contributed by atoms with Crippen molar-refractivity contribution >= 4 is 9.73 Å². The predicted octanol–water partition coefficient (Wildman–Crippen LogP) is 3.65. The van der Waals surface area contributed by atoms with Gasteiger partial charge in [0.05, 0.1) is 16.5 Å². The normalized spacial score (nSPS) is 19.8. The molecule has 0 bridgehead atoms. The van der Waals surface area contributed by atoms with Gasteiger partial charge in [0.15, 0.2) is 6.01 Å². The standard InChI is InChI=1S/C18H12F3N3O3S/c19-8-28(26,24-9-23)16-2-1-15(13-6-14(21)18(25)17(13)16)27-12-4-10(7-22)3-11(20)5-12/h1-5,14,18,25H,6,8H2/t14-,18-,28?/m1/s1. The van der Waals surface area contributed by atoms with Crippen LogP contribution in [0.2, 0.25) is 0 Å². The first-order valence-electron chi connectivity index (χ1n) is 7.88. The molecule has 0 spiro atoms. The second-order valence-corrected chi connectivity index (χ2v) is 8.07. The minimum atomic E-state index is -3.83. The summed E-state index contributed by atoms with van der Waals surface area (Å²) in [4.78, 5) is -0.288. The summed E-state index contributed by atoms with van der Waals surface area (Å²) in [6, 6.07) is 5.92. The molecular formula is C18H12F3N3O3S. The topological polar surface area (TPSA) is 106 Å². The average Bonchev–Trinajstić information content (AvgIpc) is 2.97. The van der Waals surface area contributed by atoms with Crippen LogP contribution in [0.25, 0.3) is 0 Å². The number of fused-ring (bicyclic) bond motifs is 1. The molecule has 0 fully saturated rings. The van der Waals surface area contributed by atoms with Gasteiger partial charge in [0.1, 0.15) is 39.3 Å². The average molecular weight is 407 g/mol. The van der Waals surface area contributed by atoms with E-state index in [1.165, 1.54) is 18.3 Å². The molecule has 0 aliphatic heterocycles. The van der Waals surface area contributed by atoms with Crippen molar-refractivity contribution in [1.29, 1.82) is 10.5 Å². The first-order valence-corrected chi connectivity index (χ1v) is 9.56. The van der Waals surface area contributed by atoms with Gasteiger partial charge in [-0.3, -0.25) is 0 Å². The fraction of sp³-hybridized carbons (Fsp3) is 0.222. The Bertz CT molecular complexity index is 1150. The van der Waals surface area contributed by atoms with Crippen LogP contribution < -0.4 is 4.74 Å². The van der Waals surface area contributed by atoms with Crippen molar-refractivity contribution in [2.24, 2.45) is 4.36 Å². The van der Waals surface area contributed by atoms with Gasteiger partial charge in [0.25, 0.3) is 0 Å². The molecule has 1 N–H and O–H groups in total. The van der Waals surface area contributed by atoms with Gasteiger partial charge in [0, 0.05) is 23.6 Å². The molecule has 2 aromatic rings. The molecule has 144 valence electrons. The highest BCUT2D eigenvalue weighted by atomic mass is 32.2. The third kappa shape index (κ3) is 3.40. The highest BCUT2D eigenvalue weighted by Crippen LogP contribution is 2.44. The first kappa shape index (κ1) is 19.7. The Kier molecular flexibility index (Phi) is 5.27. The van der Waals surface area contributed by atoms with E-state index < -0.39 is 33.8 Å². The predicted molar refractivity (Wildman–Crippen MR) is 91.6 cm³/mol. The summed E-state index contributed by atoms with van der Waals surface area (Å²) in [5.41, 5.74) is -0.0573. The fourth-order valence-corrected chi connectivity index (χ4v) is 4.30. The monoisotopic (exact) mass is 407 g/mol. The summed E-state index contributed by atoms with van der Waals surface area (Å²) < 4.78 is 62.5. The van der Waals surface area contributed by atoms with Crippen molar-refractivity contribution in [3.8, 4) is 23.8 Å². The highest BCUT2D eigenvalue weighted by molar-refractivity contribution is 7.93. The number of halogens is 3. The summed E-state index contributed by atoms with van der Waals surface area (Å²) >= 11 is 0. The number of aliphatic hydroxyl groups is 1. The molecule has 0 radical (unpaired) electrons. The molecule has 0 saturated heterocycles. The van der Waals surface area contributed by atoms with Crippen LogP contribution >= 0.6 is 0 Å². The van der Waals surface area contributed by atoms with Crippen LogP contribution in [0.3, 0.4) is 0 Å². The zero-order valence-corrected chi connectivity index (χ0v) is 14.9. The van der Waals surface area contributed by atoms with Crippen LogP contribution in [0.15, 0.2) is 39.6 Å². The van der Waals surface area contributed by atoms with E-state index in [0.29, 0.717) is 0 Å². The maximum atomic E-state index is 14.2. The summed E-state index contributed by atoms with van der Waals surface area (Å²) in [6.07, 6.45) is -2.53. The molecule has 6 nitrogen and oxygen atoms in total. The molecule has 28 heavy (non-hydrogen) atoms. The number of benzene rings is 2. The Labute approximate surface area is 158 Å². The molecule has 0 heterocycles. The second kappa shape index (κ2) is 7.50. The van der Waals surface area contributed by atoms with E-state index in [2.05, 4.69) is 4.36 Å². The number of nitriles is 2. The van der Waals surface area contributed by atoms with Crippen molar-refractivity contribution < 1.29 is 27.2 Å². The van der Waals surface area contributed by atoms with Crippen LogP contribution in [-0.4, -0.2) is 21.5 Å². The third-order valence-corrected chi connectivity index (χ3v) is 5.94. The lowest BCUT2D eigenvalue weighted by atomic mass is 10.1. The largest absolute Gasteiger partial charge is 0.457 e. The van der Waals surface area contributed by atoms with Crippen LogP contribution in [0.5, 0.6) is 11.5 Å². The van der Waals surface area contributed by atoms with Crippen LogP contribution in [0.1, 0.15) is 22.8 Å². The summed E-state index contributed by atoms with van der Waals surface area (Å²) in [5, 5.41) is 27.8. The van der Waals surface area contributed by atoms with E-state index in [-0.39, 0.29) is 39.5 Å². The highest BCUT2D eigenvalue weighted by Gasteiger charge is 2.38. The Morgan fingerprint density at radius 3 is 2.71 bits per heavy atom. The maximum absolute atomic E-state index is 14.2. The number of ether oxygens (including phenoxy) is 1. The third-order valence-electron chi connectivity index (χ3n) is 4.22. The van der Waals surface area contributed by atoms with Gasteiger partial charge in [-0.05, 0) is 24.3 Å². The van der Waals surface area contributed by atoms with Crippen LogP contribution in [0.4, 0.5) is 13.2 Å². The quantitative estimate of drug-likeness (QED) is 0.779. The summed E-state index contributed by atoms with van der Waals surface area (Å²) in [7, 11) is -3.83. The van der Waals surface area contributed by atoms with Gasteiger partial charge in [-0.25, -0.2) is 17.4 Å². The Morgan fingerprint density at radius 2 is 2.07 bits per heavy atom. The first-order chi connectivity index (χ1) is 13.3. The molecule has 2 aromatic carbocycles. The van der Waals surface area contributed by atoms with Crippen molar-refractivity contribution in [3.05, 3.63) is 52.8 Å². The Hall–Kier alpha value is -3.08. The van der Waals surface area contributed by atoms with Gasteiger partial charge in [0.2, 0.25) is 6.19 Å². The van der Waals surface area contributed by atoms with Crippen LogP contribution in [-0.2, 0) is 16.1 Å². The molecule has 10 heteroatoms. The number of aliphatic hydroxyl groups excluding tert-OH is 1. The smallest absolute Gasteiger partial charge is 0.215 e. The van der Waals surface area contributed by atoms with Crippen molar-refractivity contribution in [2.75, 3.05) is 6.01 Å². The van der Waals surface area contributed by atoms with Gasteiger partial charge in [-0.15, -0.1) is 4.36 Å². The lowest BCUT2D eigenvalue weighted by molar-refractivity contribution is 0.0907. The maximum Gasteiger partial charge on any atom is 0.215 e. The lowest BCUT2D eigenvalue weighted by Gasteiger charge is -2.16. The van der Waals surface area contributed by atoms with Gasteiger partial charge >= 0.3 is 0 Å². The minimum Gasteiger partial charge on any atom is -0.457 e. The lowest BCUT2D eigenvalue weighted by Crippen LogP contribution is -2.11. The van der Waals surface area contributed by atoms with Crippen molar-refractivity contribution in [2.45, 2.75) is 23.6 Å².